The maximum Gasteiger partial charge on any atom is 0.330 e. The van der Waals surface area contributed by atoms with Gasteiger partial charge in [-0.2, -0.15) is 0 Å². The monoisotopic (exact) mass is 683 g/mol. The molecule has 278 valence electrons. The van der Waals surface area contributed by atoms with Crippen LogP contribution in [0, 0.1) is 5.92 Å². The number of aryl methyl sites for hydroxylation is 1. The number of ether oxygens (including phenoxy) is 3. The van der Waals surface area contributed by atoms with E-state index in [0.717, 1.165) is 109 Å². The normalized spacial score (nSPS) is 13.2. The Bertz CT molecular complexity index is 1070. The lowest BCUT2D eigenvalue weighted by Crippen LogP contribution is -2.18. The molecule has 0 aliphatic heterocycles. The van der Waals surface area contributed by atoms with E-state index in [1.165, 1.54) is 24.0 Å². The van der Waals surface area contributed by atoms with Crippen molar-refractivity contribution in [1.82, 2.24) is 9.55 Å². The van der Waals surface area contributed by atoms with Crippen LogP contribution in [-0.4, -0.2) is 47.4 Å². The molecule has 0 spiro atoms. The largest absolute Gasteiger partial charge is 0.463 e. The van der Waals surface area contributed by atoms with Crippen LogP contribution >= 0.6 is 0 Å². The fourth-order valence-corrected chi connectivity index (χ4v) is 5.52. The Hall–Kier alpha value is -2.93. The summed E-state index contributed by atoms with van der Waals surface area (Å²) in [6.07, 6.45) is 35.7. The van der Waals surface area contributed by atoms with E-state index in [4.69, 9.17) is 14.2 Å². The minimum atomic E-state index is -0.248. The molecule has 49 heavy (non-hydrogen) atoms. The number of imidazole rings is 1. The van der Waals surface area contributed by atoms with E-state index in [0.29, 0.717) is 25.6 Å². The number of hydrogen-bond acceptors (Lipinski definition) is 6. The van der Waals surface area contributed by atoms with Crippen molar-refractivity contribution in [1.29, 1.82) is 0 Å². The Morgan fingerprint density at radius 1 is 0.816 bits per heavy atom. The van der Waals surface area contributed by atoms with Gasteiger partial charge < -0.3 is 18.8 Å². The summed E-state index contributed by atoms with van der Waals surface area (Å²) in [5, 5.41) is 0. The molecule has 1 aromatic rings. The van der Waals surface area contributed by atoms with Gasteiger partial charge in [0.05, 0.1) is 19.5 Å². The van der Waals surface area contributed by atoms with Gasteiger partial charge in [-0.25, -0.2) is 9.78 Å². The predicted octanol–water partition coefficient (Wildman–Crippen LogP) is 11.1. The molecular formula is C42H70N2O5. The number of rotatable bonds is 31. The first-order valence-electron chi connectivity index (χ1n) is 19.3. The SMILES string of the molecule is C/C=C/CC/C(C)=C/COCCCCCCCC(CCCCCCOC(=O)C=CC(C)CCCC=C(C)C)OC(=O)CCCn1ccnc1. The number of hydrogen-bond donors (Lipinski definition) is 0. The molecule has 1 heterocycles. The highest BCUT2D eigenvalue weighted by molar-refractivity contribution is 5.81. The van der Waals surface area contributed by atoms with Crippen molar-refractivity contribution in [3.05, 3.63) is 66.3 Å². The van der Waals surface area contributed by atoms with Crippen LogP contribution in [0.2, 0.25) is 0 Å². The van der Waals surface area contributed by atoms with Gasteiger partial charge in [-0.1, -0.05) is 80.6 Å². The van der Waals surface area contributed by atoms with Crippen LogP contribution in [0.3, 0.4) is 0 Å². The highest BCUT2D eigenvalue weighted by atomic mass is 16.5. The molecule has 1 rings (SSSR count). The van der Waals surface area contributed by atoms with Gasteiger partial charge in [0, 0.05) is 38.0 Å². The van der Waals surface area contributed by atoms with Gasteiger partial charge in [0.1, 0.15) is 6.10 Å². The second-order valence-electron chi connectivity index (χ2n) is 13.7. The number of aromatic nitrogens is 2. The van der Waals surface area contributed by atoms with Crippen LogP contribution in [0.1, 0.15) is 150 Å². The van der Waals surface area contributed by atoms with Gasteiger partial charge >= 0.3 is 11.9 Å². The number of carbonyl (C=O) groups is 2. The third-order valence-electron chi connectivity index (χ3n) is 8.60. The number of unbranched alkanes of at least 4 members (excludes halogenated alkanes) is 8. The van der Waals surface area contributed by atoms with Crippen LogP contribution in [0.15, 0.2) is 66.3 Å². The van der Waals surface area contributed by atoms with Crippen molar-refractivity contribution < 1.29 is 23.8 Å². The standard InChI is InChI=1S/C42H70N2O5/c1-6-7-13-22-39(5)29-35-47-33-18-11-8-9-14-24-40(49-42(46)26-20-31-44-32-30-43-36-44)25-15-10-12-19-34-48-41(45)28-27-38(4)23-17-16-21-37(2)3/h6-7,21,27-30,32,36,38,40H,8-20,22-26,31,33-35H2,1-5H3/b7-6+,28-27?,39-29+. The highest BCUT2D eigenvalue weighted by Gasteiger charge is 2.14. The molecule has 0 saturated carbocycles. The zero-order valence-corrected chi connectivity index (χ0v) is 31.8. The van der Waals surface area contributed by atoms with Gasteiger partial charge in [0.15, 0.2) is 0 Å². The molecule has 0 saturated heterocycles. The first-order chi connectivity index (χ1) is 23.8. The molecule has 7 heteroatoms. The average Bonchev–Trinajstić information content (AvgIpc) is 3.59. The third-order valence-corrected chi connectivity index (χ3v) is 8.60. The Balaban J connectivity index is 2.26. The smallest absolute Gasteiger partial charge is 0.330 e. The van der Waals surface area contributed by atoms with Crippen LogP contribution < -0.4 is 0 Å². The number of esters is 2. The summed E-state index contributed by atoms with van der Waals surface area (Å²) in [6.45, 7) is 13.4. The Labute approximate surface area is 299 Å². The van der Waals surface area contributed by atoms with E-state index >= 15 is 0 Å². The van der Waals surface area contributed by atoms with E-state index in [2.05, 4.69) is 63.9 Å². The molecule has 0 aliphatic rings. The lowest BCUT2D eigenvalue weighted by atomic mass is 10.0. The maximum atomic E-state index is 12.6. The fourth-order valence-electron chi connectivity index (χ4n) is 5.52. The molecule has 0 fully saturated rings. The zero-order valence-electron chi connectivity index (χ0n) is 31.8. The number of allylic oxidation sites excluding steroid dienone is 6. The lowest BCUT2D eigenvalue weighted by Gasteiger charge is -2.18. The first kappa shape index (κ1) is 44.1. The van der Waals surface area contributed by atoms with Crippen LogP contribution in [-0.2, 0) is 30.3 Å². The molecular weight excluding hydrogens is 612 g/mol. The molecule has 2 atom stereocenters. The lowest BCUT2D eigenvalue weighted by molar-refractivity contribution is -0.150. The third kappa shape index (κ3) is 28.6. The molecule has 1 aromatic heterocycles. The van der Waals surface area contributed by atoms with E-state index in [9.17, 15) is 9.59 Å². The molecule has 7 nitrogen and oxygen atoms in total. The summed E-state index contributed by atoms with van der Waals surface area (Å²) in [5.74, 6) is 0.0226. The second kappa shape index (κ2) is 31.1. The molecule has 0 aromatic carbocycles. The summed E-state index contributed by atoms with van der Waals surface area (Å²) in [7, 11) is 0. The first-order valence-corrected chi connectivity index (χ1v) is 19.3. The summed E-state index contributed by atoms with van der Waals surface area (Å²) < 4.78 is 19.2. The highest BCUT2D eigenvalue weighted by Crippen LogP contribution is 2.18. The van der Waals surface area contributed by atoms with Crippen LogP contribution in [0.25, 0.3) is 0 Å². The summed E-state index contributed by atoms with van der Waals surface area (Å²) in [5.41, 5.74) is 2.75. The molecule has 0 bridgehead atoms. The van der Waals surface area contributed by atoms with Crippen LogP contribution in [0.4, 0.5) is 0 Å². The Morgan fingerprint density at radius 3 is 2.22 bits per heavy atom. The van der Waals surface area contributed by atoms with E-state index in [1.54, 1.807) is 18.6 Å². The van der Waals surface area contributed by atoms with E-state index in [1.807, 2.05) is 16.8 Å². The van der Waals surface area contributed by atoms with Gasteiger partial charge in [-0.3, -0.25) is 4.79 Å². The van der Waals surface area contributed by atoms with Gasteiger partial charge in [0.2, 0.25) is 0 Å². The fraction of sp³-hybridized carbons (Fsp3) is 0.690. The number of carbonyl (C=O) groups excluding carboxylic acids is 2. The van der Waals surface area contributed by atoms with Crippen molar-refractivity contribution in [3.8, 4) is 0 Å². The minimum absolute atomic E-state index is 0.0288. The maximum absolute atomic E-state index is 12.6. The van der Waals surface area contributed by atoms with Gasteiger partial charge in [-0.15, -0.1) is 0 Å². The molecule has 0 aliphatic carbocycles. The summed E-state index contributed by atoms with van der Waals surface area (Å²) in [6, 6.07) is 0. The molecule has 2 unspecified atom stereocenters. The van der Waals surface area contributed by atoms with Crippen molar-refractivity contribution in [2.75, 3.05) is 19.8 Å². The summed E-state index contributed by atoms with van der Waals surface area (Å²) >= 11 is 0. The predicted molar refractivity (Wildman–Crippen MR) is 203 cm³/mol. The van der Waals surface area contributed by atoms with Gasteiger partial charge in [-0.05, 0) is 111 Å². The molecule has 0 amide bonds. The van der Waals surface area contributed by atoms with Gasteiger partial charge in [0.25, 0.3) is 0 Å². The van der Waals surface area contributed by atoms with Crippen LogP contribution in [0.5, 0.6) is 0 Å². The van der Waals surface area contributed by atoms with E-state index in [-0.39, 0.29) is 18.0 Å². The van der Waals surface area contributed by atoms with Crippen molar-refractivity contribution in [2.24, 2.45) is 5.92 Å². The average molecular weight is 683 g/mol. The molecule has 0 N–H and O–H groups in total. The minimum Gasteiger partial charge on any atom is -0.463 e. The topological polar surface area (TPSA) is 79.7 Å². The number of nitrogens with zero attached hydrogens (tertiary/aromatic N) is 2. The summed E-state index contributed by atoms with van der Waals surface area (Å²) in [4.78, 5) is 28.8. The zero-order chi connectivity index (χ0) is 35.8. The van der Waals surface area contributed by atoms with Crippen molar-refractivity contribution in [3.63, 3.8) is 0 Å². The molecule has 0 radical (unpaired) electrons. The quantitative estimate of drug-likeness (QED) is 0.0336. The Kier molecular flexibility index (Phi) is 28.0. The van der Waals surface area contributed by atoms with Crippen molar-refractivity contribution in [2.45, 2.75) is 163 Å². The van der Waals surface area contributed by atoms with E-state index < -0.39 is 0 Å². The van der Waals surface area contributed by atoms with Crippen molar-refractivity contribution >= 4 is 11.9 Å². The second-order valence-corrected chi connectivity index (χ2v) is 13.7. The Morgan fingerprint density at radius 2 is 1.53 bits per heavy atom.